The van der Waals surface area contributed by atoms with E-state index < -0.39 is 5.41 Å². The number of nitrogens with one attached hydrogen (secondary N) is 1. The zero-order valence-electron chi connectivity index (χ0n) is 18.6. The Balaban J connectivity index is 1.49. The van der Waals surface area contributed by atoms with Crippen LogP contribution >= 0.6 is 0 Å². The van der Waals surface area contributed by atoms with E-state index >= 15 is 0 Å². The Morgan fingerprint density at radius 2 is 1.47 bits per heavy atom. The maximum atomic E-state index is 13.5. The average molecular weight is 430 g/mol. The molecule has 1 heterocycles. The van der Waals surface area contributed by atoms with Crippen molar-refractivity contribution in [2.45, 2.75) is 30.6 Å². The molecular formula is C28H31NO3. The molecule has 3 aromatic rings. The van der Waals surface area contributed by atoms with Crippen LogP contribution in [0.2, 0.25) is 0 Å². The van der Waals surface area contributed by atoms with Crippen molar-refractivity contribution in [3.8, 4) is 5.75 Å². The van der Waals surface area contributed by atoms with Crippen molar-refractivity contribution in [1.82, 2.24) is 5.32 Å². The topological polar surface area (TPSA) is 47.6 Å². The van der Waals surface area contributed by atoms with E-state index in [1.165, 1.54) is 11.1 Å². The molecule has 0 saturated carbocycles. The van der Waals surface area contributed by atoms with E-state index in [0.717, 1.165) is 17.7 Å². The summed E-state index contributed by atoms with van der Waals surface area (Å²) in [6, 6.07) is 28.9. The summed E-state index contributed by atoms with van der Waals surface area (Å²) < 4.78 is 10.9. The molecule has 0 bridgehead atoms. The number of carbonyl (C=O) groups excluding carboxylic acids is 1. The second-order valence-electron chi connectivity index (χ2n) is 8.34. The molecule has 0 unspecified atom stereocenters. The number of hydrogen-bond acceptors (Lipinski definition) is 3. The van der Waals surface area contributed by atoms with Crippen LogP contribution in [0.3, 0.4) is 0 Å². The molecule has 0 radical (unpaired) electrons. The molecule has 1 aliphatic rings. The first-order valence-corrected chi connectivity index (χ1v) is 11.3. The van der Waals surface area contributed by atoms with Crippen LogP contribution < -0.4 is 10.1 Å². The number of hydrogen-bond donors (Lipinski definition) is 1. The highest BCUT2D eigenvalue weighted by molar-refractivity contribution is 5.88. The van der Waals surface area contributed by atoms with Crippen LogP contribution in [0.25, 0.3) is 0 Å². The molecule has 0 atom stereocenters. The fourth-order valence-electron chi connectivity index (χ4n) is 4.67. The first-order chi connectivity index (χ1) is 15.7. The third kappa shape index (κ3) is 4.86. The van der Waals surface area contributed by atoms with E-state index in [0.29, 0.717) is 32.6 Å². The second kappa shape index (κ2) is 10.5. The number of amides is 1. The number of benzene rings is 3. The summed E-state index contributed by atoms with van der Waals surface area (Å²) in [5.41, 5.74) is 3.01. The minimum Gasteiger partial charge on any atom is -0.497 e. The fraction of sp³-hybridized carbons (Fsp3) is 0.321. The van der Waals surface area contributed by atoms with Gasteiger partial charge in [-0.15, -0.1) is 0 Å². The number of carbonyl (C=O) groups is 1. The summed E-state index contributed by atoms with van der Waals surface area (Å²) >= 11 is 0. The first-order valence-electron chi connectivity index (χ1n) is 11.3. The normalized spacial score (nSPS) is 15.3. The van der Waals surface area contributed by atoms with E-state index in [9.17, 15) is 4.79 Å². The molecule has 1 fully saturated rings. The molecule has 0 spiro atoms. The SMILES string of the molecule is COc1ccc(C2(C(=O)NCCC(c3ccccc3)c3ccccc3)CCOCC2)cc1. The highest BCUT2D eigenvalue weighted by Gasteiger charge is 2.41. The first kappa shape index (κ1) is 22.1. The van der Waals surface area contributed by atoms with Crippen LogP contribution in [0.4, 0.5) is 0 Å². The smallest absolute Gasteiger partial charge is 0.230 e. The Morgan fingerprint density at radius 1 is 0.906 bits per heavy atom. The van der Waals surface area contributed by atoms with E-state index in [-0.39, 0.29) is 11.8 Å². The lowest BCUT2D eigenvalue weighted by Crippen LogP contribution is -2.48. The van der Waals surface area contributed by atoms with Crippen molar-refractivity contribution < 1.29 is 14.3 Å². The quantitative estimate of drug-likeness (QED) is 0.543. The maximum Gasteiger partial charge on any atom is 0.230 e. The van der Waals surface area contributed by atoms with Crippen LogP contribution in [0, 0.1) is 0 Å². The minimum atomic E-state index is -0.556. The van der Waals surface area contributed by atoms with Gasteiger partial charge in [0.25, 0.3) is 0 Å². The van der Waals surface area contributed by atoms with Gasteiger partial charge < -0.3 is 14.8 Å². The lowest BCUT2D eigenvalue weighted by atomic mass is 9.73. The zero-order valence-corrected chi connectivity index (χ0v) is 18.6. The lowest BCUT2D eigenvalue weighted by molar-refractivity contribution is -0.130. The van der Waals surface area contributed by atoms with Crippen LogP contribution in [0.15, 0.2) is 84.9 Å². The molecule has 0 aromatic heterocycles. The van der Waals surface area contributed by atoms with Crippen molar-refractivity contribution in [1.29, 1.82) is 0 Å². The predicted octanol–water partition coefficient (Wildman–Crippen LogP) is 5.08. The van der Waals surface area contributed by atoms with Crippen molar-refractivity contribution in [2.75, 3.05) is 26.9 Å². The van der Waals surface area contributed by atoms with E-state index in [2.05, 4.69) is 53.8 Å². The Hall–Kier alpha value is -3.11. The molecule has 0 aliphatic carbocycles. The van der Waals surface area contributed by atoms with Crippen molar-refractivity contribution in [3.05, 3.63) is 102 Å². The number of ether oxygens (including phenoxy) is 2. The van der Waals surface area contributed by atoms with Crippen molar-refractivity contribution >= 4 is 5.91 Å². The molecule has 4 rings (SSSR count). The van der Waals surface area contributed by atoms with Gasteiger partial charge in [0.1, 0.15) is 5.75 Å². The summed E-state index contributed by atoms with van der Waals surface area (Å²) in [6.45, 7) is 1.80. The minimum absolute atomic E-state index is 0.0887. The summed E-state index contributed by atoms with van der Waals surface area (Å²) in [5, 5.41) is 3.26. The van der Waals surface area contributed by atoms with Gasteiger partial charge in [-0.25, -0.2) is 0 Å². The van der Waals surface area contributed by atoms with Gasteiger partial charge >= 0.3 is 0 Å². The van der Waals surface area contributed by atoms with Gasteiger partial charge in [-0.3, -0.25) is 4.79 Å². The van der Waals surface area contributed by atoms with Crippen LogP contribution in [0.5, 0.6) is 5.75 Å². The van der Waals surface area contributed by atoms with Crippen molar-refractivity contribution in [3.63, 3.8) is 0 Å². The predicted molar refractivity (Wildman–Crippen MR) is 127 cm³/mol. The summed E-state index contributed by atoms with van der Waals surface area (Å²) in [4.78, 5) is 13.5. The maximum absolute atomic E-state index is 13.5. The molecule has 1 saturated heterocycles. The Bertz CT molecular complexity index is 941. The third-order valence-corrected chi connectivity index (χ3v) is 6.55. The largest absolute Gasteiger partial charge is 0.497 e. The highest BCUT2D eigenvalue weighted by Crippen LogP contribution is 2.36. The molecule has 4 heteroatoms. The summed E-state index contributed by atoms with van der Waals surface area (Å²) in [5.74, 6) is 1.13. The van der Waals surface area contributed by atoms with E-state index in [1.807, 2.05) is 36.4 Å². The Labute approximate surface area is 190 Å². The van der Waals surface area contributed by atoms with Gasteiger partial charge in [-0.05, 0) is 48.1 Å². The van der Waals surface area contributed by atoms with Crippen LogP contribution in [0.1, 0.15) is 41.9 Å². The highest BCUT2D eigenvalue weighted by atomic mass is 16.5. The average Bonchev–Trinajstić information content (AvgIpc) is 2.88. The molecule has 32 heavy (non-hydrogen) atoms. The van der Waals surface area contributed by atoms with Gasteiger partial charge in [0.15, 0.2) is 0 Å². The number of methoxy groups -OCH3 is 1. The van der Waals surface area contributed by atoms with Gasteiger partial charge in [0.05, 0.1) is 12.5 Å². The molecule has 166 valence electrons. The molecule has 3 aromatic carbocycles. The van der Waals surface area contributed by atoms with Gasteiger partial charge in [0, 0.05) is 25.7 Å². The molecule has 1 aliphatic heterocycles. The van der Waals surface area contributed by atoms with E-state index in [1.54, 1.807) is 7.11 Å². The molecule has 1 N–H and O–H groups in total. The van der Waals surface area contributed by atoms with Gasteiger partial charge in [-0.2, -0.15) is 0 Å². The van der Waals surface area contributed by atoms with Gasteiger partial charge in [-0.1, -0.05) is 72.8 Å². The Morgan fingerprint density at radius 3 is 2.00 bits per heavy atom. The van der Waals surface area contributed by atoms with E-state index in [4.69, 9.17) is 9.47 Å². The third-order valence-electron chi connectivity index (χ3n) is 6.55. The van der Waals surface area contributed by atoms with Gasteiger partial charge in [0.2, 0.25) is 5.91 Å². The standard InChI is InChI=1S/C28H31NO3/c1-31-25-14-12-24(13-15-25)28(17-20-32-21-18-28)27(30)29-19-16-26(22-8-4-2-5-9-22)23-10-6-3-7-11-23/h2-15,26H,16-21H2,1H3,(H,29,30). The molecule has 1 amide bonds. The molecule has 4 nitrogen and oxygen atoms in total. The van der Waals surface area contributed by atoms with Crippen LogP contribution in [-0.4, -0.2) is 32.8 Å². The Kier molecular flexibility index (Phi) is 7.23. The fourth-order valence-corrected chi connectivity index (χ4v) is 4.67. The second-order valence-corrected chi connectivity index (χ2v) is 8.34. The zero-order chi connectivity index (χ0) is 22.2. The van der Waals surface area contributed by atoms with Crippen molar-refractivity contribution in [2.24, 2.45) is 0 Å². The summed E-state index contributed by atoms with van der Waals surface area (Å²) in [7, 11) is 1.65. The van der Waals surface area contributed by atoms with Crippen LogP contribution in [-0.2, 0) is 14.9 Å². The monoisotopic (exact) mass is 429 g/mol. The lowest BCUT2D eigenvalue weighted by Gasteiger charge is -2.36. The number of rotatable bonds is 8. The molecular weight excluding hydrogens is 398 g/mol. The summed E-state index contributed by atoms with van der Waals surface area (Å²) in [6.07, 6.45) is 2.22.